The van der Waals surface area contributed by atoms with Gasteiger partial charge in [-0.25, -0.2) is 14.2 Å². The van der Waals surface area contributed by atoms with Crippen molar-refractivity contribution in [3.8, 4) is 0 Å². The molecule has 0 aliphatic carbocycles. The molecule has 94 valence electrons. The standard InChI is InChI=1S/C12H12N2O4/c1-2-9(11(16)17)14-10(15)7-5-3-4-6-8(7)13-12(14)18/h3-6,9H,2H2,1H3,(H,13,18)(H,16,17). The van der Waals surface area contributed by atoms with Crippen molar-refractivity contribution < 1.29 is 9.90 Å². The summed E-state index contributed by atoms with van der Waals surface area (Å²) in [5.41, 5.74) is -0.874. The van der Waals surface area contributed by atoms with E-state index < -0.39 is 23.3 Å². The first-order chi connectivity index (χ1) is 8.56. The molecule has 6 nitrogen and oxygen atoms in total. The normalized spacial score (nSPS) is 12.5. The Balaban J connectivity index is 2.84. The van der Waals surface area contributed by atoms with Crippen molar-refractivity contribution in [2.75, 3.05) is 0 Å². The highest BCUT2D eigenvalue weighted by molar-refractivity contribution is 5.78. The van der Waals surface area contributed by atoms with Crippen LogP contribution in [0, 0.1) is 0 Å². The van der Waals surface area contributed by atoms with E-state index in [1.165, 1.54) is 0 Å². The number of para-hydroxylation sites is 1. The van der Waals surface area contributed by atoms with Crippen LogP contribution in [0.25, 0.3) is 10.9 Å². The molecule has 1 aromatic carbocycles. The summed E-state index contributed by atoms with van der Waals surface area (Å²) in [6.07, 6.45) is 0.163. The lowest BCUT2D eigenvalue weighted by Crippen LogP contribution is -2.40. The third-order valence-electron chi connectivity index (χ3n) is 2.82. The molecule has 0 saturated heterocycles. The third kappa shape index (κ3) is 1.81. The predicted octanol–water partition coefficient (Wildman–Crippen LogP) is 0.725. The molecule has 0 amide bonds. The summed E-state index contributed by atoms with van der Waals surface area (Å²) in [5.74, 6) is -1.19. The highest BCUT2D eigenvalue weighted by Crippen LogP contribution is 2.09. The fourth-order valence-corrected chi connectivity index (χ4v) is 1.93. The van der Waals surface area contributed by atoms with Gasteiger partial charge in [-0.15, -0.1) is 0 Å². The van der Waals surface area contributed by atoms with E-state index in [0.717, 1.165) is 4.57 Å². The zero-order valence-electron chi connectivity index (χ0n) is 9.71. The van der Waals surface area contributed by atoms with Crippen LogP contribution in [0.3, 0.4) is 0 Å². The molecule has 0 bridgehead atoms. The lowest BCUT2D eigenvalue weighted by molar-refractivity contribution is -0.141. The number of aromatic amines is 1. The first-order valence-electron chi connectivity index (χ1n) is 5.52. The number of carboxylic acids is 1. The van der Waals surface area contributed by atoms with Crippen molar-refractivity contribution in [1.82, 2.24) is 9.55 Å². The van der Waals surface area contributed by atoms with E-state index >= 15 is 0 Å². The van der Waals surface area contributed by atoms with E-state index in [1.807, 2.05) is 0 Å². The van der Waals surface area contributed by atoms with Gasteiger partial charge in [0.1, 0.15) is 6.04 Å². The Morgan fingerprint density at radius 1 is 1.39 bits per heavy atom. The Labute approximate surface area is 102 Å². The fraction of sp³-hybridized carbons (Fsp3) is 0.250. The molecule has 1 atom stereocenters. The molecule has 0 spiro atoms. The maximum Gasteiger partial charge on any atom is 0.329 e. The van der Waals surface area contributed by atoms with Gasteiger partial charge in [-0.2, -0.15) is 0 Å². The summed E-state index contributed by atoms with van der Waals surface area (Å²) in [6.45, 7) is 1.61. The summed E-state index contributed by atoms with van der Waals surface area (Å²) in [4.78, 5) is 37.5. The van der Waals surface area contributed by atoms with Gasteiger partial charge >= 0.3 is 11.7 Å². The molecule has 1 aromatic heterocycles. The van der Waals surface area contributed by atoms with Crippen molar-refractivity contribution in [2.45, 2.75) is 19.4 Å². The van der Waals surface area contributed by atoms with Gasteiger partial charge in [-0.1, -0.05) is 19.1 Å². The smallest absolute Gasteiger partial charge is 0.329 e. The first kappa shape index (κ1) is 12.1. The molecule has 0 fully saturated rings. The van der Waals surface area contributed by atoms with Crippen molar-refractivity contribution in [2.24, 2.45) is 0 Å². The Morgan fingerprint density at radius 3 is 2.67 bits per heavy atom. The van der Waals surface area contributed by atoms with E-state index in [1.54, 1.807) is 31.2 Å². The zero-order chi connectivity index (χ0) is 13.3. The number of hydrogen-bond donors (Lipinski definition) is 2. The van der Waals surface area contributed by atoms with Crippen molar-refractivity contribution >= 4 is 16.9 Å². The van der Waals surface area contributed by atoms with Gasteiger partial charge in [-0.05, 0) is 18.6 Å². The second-order valence-corrected chi connectivity index (χ2v) is 3.91. The Bertz CT molecular complexity index is 714. The molecule has 2 rings (SSSR count). The molecule has 6 heteroatoms. The van der Waals surface area contributed by atoms with Crippen LogP contribution < -0.4 is 11.2 Å². The molecular formula is C12H12N2O4. The quantitative estimate of drug-likeness (QED) is 0.837. The number of benzene rings is 1. The molecule has 0 aliphatic rings. The minimum atomic E-state index is -1.19. The van der Waals surface area contributed by atoms with Gasteiger partial charge in [-0.3, -0.25) is 4.79 Å². The lowest BCUT2D eigenvalue weighted by Gasteiger charge is -2.12. The van der Waals surface area contributed by atoms with Crippen LogP contribution in [0.2, 0.25) is 0 Å². The number of carbonyl (C=O) groups is 1. The highest BCUT2D eigenvalue weighted by atomic mass is 16.4. The van der Waals surface area contributed by atoms with Crippen molar-refractivity contribution in [3.05, 3.63) is 45.1 Å². The van der Waals surface area contributed by atoms with Crippen LogP contribution in [0.1, 0.15) is 19.4 Å². The van der Waals surface area contributed by atoms with Crippen LogP contribution in [-0.2, 0) is 4.79 Å². The van der Waals surface area contributed by atoms with Gasteiger partial charge in [0.2, 0.25) is 0 Å². The number of aromatic nitrogens is 2. The molecule has 0 saturated carbocycles. The topological polar surface area (TPSA) is 92.2 Å². The summed E-state index contributed by atoms with van der Waals surface area (Å²) in [7, 11) is 0. The molecule has 1 unspecified atom stereocenters. The number of rotatable bonds is 3. The lowest BCUT2D eigenvalue weighted by atomic mass is 10.2. The number of nitrogens with zero attached hydrogens (tertiary/aromatic N) is 1. The second-order valence-electron chi connectivity index (χ2n) is 3.91. The average Bonchev–Trinajstić information content (AvgIpc) is 2.34. The number of fused-ring (bicyclic) bond motifs is 1. The monoisotopic (exact) mass is 248 g/mol. The summed E-state index contributed by atoms with van der Waals surface area (Å²) < 4.78 is 0.755. The van der Waals surface area contributed by atoms with Crippen LogP contribution in [0.5, 0.6) is 0 Å². The number of carboxylic acid groups (broad SMARTS) is 1. The number of hydrogen-bond acceptors (Lipinski definition) is 3. The van der Waals surface area contributed by atoms with Crippen molar-refractivity contribution in [3.63, 3.8) is 0 Å². The van der Waals surface area contributed by atoms with E-state index in [4.69, 9.17) is 5.11 Å². The number of nitrogens with one attached hydrogen (secondary N) is 1. The second kappa shape index (κ2) is 4.48. The molecule has 18 heavy (non-hydrogen) atoms. The van der Waals surface area contributed by atoms with Gasteiger partial charge in [0.05, 0.1) is 10.9 Å². The molecule has 0 radical (unpaired) electrons. The SMILES string of the molecule is CCC(C(=O)O)n1c(=O)[nH]c2ccccc2c1=O. The Morgan fingerprint density at radius 2 is 2.06 bits per heavy atom. The summed E-state index contributed by atoms with van der Waals surface area (Å²) >= 11 is 0. The summed E-state index contributed by atoms with van der Waals surface area (Å²) in [5, 5.41) is 9.34. The highest BCUT2D eigenvalue weighted by Gasteiger charge is 2.22. The zero-order valence-corrected chi connectivity index (χ0v) is 9.71. The van der Waals surface area contributed by atoms with Crippen LogP contribution in [-0.4, -0.2) is 20.6 Å². The largest absolute Gasteiger partial charge is 0.480 e. The molecule has 1 heterocycles. The van der Waals surface area contributed by atoms with Crippen LogP contribution >= 0.6 is 0 Å². The predicted molar refractivity (Wildman–Crippen MR) is 65.8 cm³/mol. The number of H-pyrrole nitrogens is 1. The molecular weight excluding hydrogens is 236 g/mol. The first-order valence-corrected chi connectivity index (χ1v) is 5.52. The van der Waals surface area contributed by atoms with Gasteiger partial charge in [0, 0.05) is 0 Å². The number of aliphatic carboxylic acids is 1. The van der Waals surface area contributed by atoms with Crippen LogP contribution in [0.15, 0.2) is 33.9 Å². The van der Waals surface area contributed by atoms with E-state index in [0.29, 0.717) is 10.9 Å². The van der Waals surface area contributed by atoms with Gasteiger partial charge in [0.15, 0.2) is 0 Å². The van der Waals surface area contributed by atoms with E-state index in [2.05, 4.69) is 4.98 Å². The van der Waals surface area contributed by atoms with Crippen molar-refractivity contribution in [1.29, 1.82) is 0 Å². The average molecular weight is 248 g/mol. The van der Waals surface area contributed by atoms with Crippen LogP contribution in [0.4, 0.5) is 0 Å². The van der Waals surface area contributed by atoms with E-state index in [-0.39, 0.29) is 6.42 Å². The molecule has 2 aromatic rings. The fourth-order valence-electron chi connectivity index (χ4n) is 1.93. The Kier molecular flexibility index (Phi) is 3.01. The Hall–Kier alpha value is -2.37. The minimum absolute atomic E-state index is 0.163. The van der Waals surface area contributed by atoms with Gasteiger partial charge < -0.3 is 10.1 Å². The van der Waals surface area contributed by atoms with Gasteiger partial charge in [0.25, 0.3) is 5.56 Å². The summed E-state index contributed by atoms with van der Waals surface area (Å²) in [6, 6.07) is 5.36. The molecule has 2 N–H and O–H groups in total. The maximum atomic E-state index is 12.1. The maximum absolute atomic E-state index is 12.1. The van der Waals surface area contributed by atoms with E-state index in [9.17, 15) is 14.4 Å². The molecule has 0 aliphatic heterocycles. The minimum Gasteiger partial charge on any atom is -0.480 e. The third-order valence-corrected chi connectivity index (χ3v) is 2.82.